The molecule has 4 rings (SSSR count). The zero-order chi connectivity index (χ0) is 26.0. The van der Waals surface area contributed by atoms with E-state index in [2.05, 4.69) is 29.8 Å². The average molecular weight is 555 g/mol. The summed E-state index contributed by atoms with van der Waals surface area (Å²) in [4.78, 5) is 30.5. The van der Waals surface area contributed by atoms with Gasteiger partial charge in [-0.05, 0) is 74.9 Å². The summed E-state index contributed by atoms with van der Waals surface area (Å²) >= 11 is 3.43. The van der Waals surface area contributed by atoms with E-state index in [1.165, 1.54) is 0 Å². The minimum atomic E-state index is -0.755. The number of benzene rings is 2. The number of carbonyl (C=O) groups excluding carboxylic acids is 2. The zero-order valence-electron chi connectivity index (χ0n) is 21.0. The number of amides is 1. The third-order valence-corrected chi connectivity index (χ3v) is 6.51. The van der Waals surface area contributed by atoms with Crippen LogP contribution < -0.4 is 4.74 Å². The minimum Gasteiger partial charge on any atom is -0.503 e. The van der Waals surface area contributed by atoms with Crippen molar-refractivity contribution in [1.82, 2.24) is 9.80 Å². The van der Waals surface area contributed by atoms with Gasteiger partial charge in [0.15, 0.2) is 11.5 Å². The highest BCUT2D eigenvalue weighted by Gasteiger charge is 2.44. The number of carbonyl (C=O) groups is 2. The summed E-state index contributed by atoms with van der Waals surface area (Å²) in [5.74, 6) is -0.543. The van der Waals surface area contributed by atoms with Crippen LogP contribution in [0.2, 0.25) is 0 Å². The normalized spacial score (nSPS) is 16.1. The first-order chi connectivity index (χ1) is 17.2. The van der Waals surface area contributed by atoms with E-state index in [1.54, 1.807) is 17.0 Å². The maximum Gasteiger partial charge on any atom is 0.290 e. The van der Waals surface area contributed by atoms with Gasteiger partial charge < -0.3 is 24.1 Å². The summed E-state index contributed by atoms with van der Waals surface area (Å²) in [5.41, 5.74) is 1.26. The van der Waals surface area contributed by atoms with Crippen molar-refractivity contribution in [3.8, 4) is 5.75 Å². The number of aliphatic hydroxyl groups excluding tert-OH is 1. The largest absolute Gasteiger partial charge is 0.503 e. The number of aliphatic hydroxyl groups is 1. The van der Waals surface area contributed by atoms with Crippen LogP contribution in [0.4, 0.5) is 0 Å². The topological polar surface area (TPSA) is 83.2 Å². The first-order valence-electron chi connectivity index (χ1n) is 12.0. The quantitative estimate of drug-likeness (QED) is 0.321. The van der Waals surface area contributed by atoms with Gasteiger partial charge in [-0.25, -0.2) is 0 Å². The molecule has 2 heterocycles. The number of hydrogen-bond acceptors (Lipinski definition) is 6. The van der Waals surface area contributed by atoms with Gasteiger partial charge in [-0.15, -0.1) is 0 Å². The lowest BCUT2D eigenvalue weighted by Gasteiger charge is -2.27. The highest BCUT2D eigenvalue weighted by atomic mass is 79.9. The fourth-order valence-electron chi connectivity index (χ4n) is 4.32. The predicted molar refractivity (Wildman–Crippen MR) is 142 cm³/mol. The summed E-state index contributed by atoms with van der Waals surface area (Å²) in [6.07, 6.45) is 0.687. The Bertz CT molecular complexity index is 1310. The van der Waals surface area contributed by atoms with Gasteiger partial charge >= 0.3 is 0 Å². The summed E-state index contributed by atoms with van der Waals surface area (Å²) in [5, 5.41) is 11.7. The minimum absolute atomic E-state index is 0.0176. The summed E-state index contributed by atoms with van der Waals surface area (Å²) in [6.45, 7) is 5.81. The molecule has 0 bridgehead atoms. The molecule has 0 aliphatic carbocycles. The maximum absolute atomic E-state index is 13.7. The van der Waals surface area contributed by atoms with E-state index in [-0.39, 0.29) is 11.3 Å². The molecule has 1 aliphatic heterocycles. The van der Waals surface area contributed by atoms with Gasteiger partial charge in [-0.3, -0.25) is 9.59 Å². The Morgan fingerprint density at radius 2 is 1.97 bits per heavy atom. The number of halogens is 1. The molecule has 36 heavy (non-hydrogen) atoms. The highest BCUT2D eigenvalue weighted by Crippen LogP contribution is 2.40. The predicted octanol–water partition coefficient (Wildman–Crippen LogP) is 5.76. The van der Waals surface area contributed by atoms with Gasteiger partial charge in [0.2, 0.25) is 5.78 Å². The smallest absolute Gasteiger partial charge is 0.290 e. The second-order valence-corrected chi connectivity index (χ2v) is 10.6. The van der Waals surface area contributed by atoms with Gasteiger partial charge in [0, 0.05) is 16.4 Å². The SMILES string of the molecule is CC(C)COc1cccc(C2C(C(=O)c3cc4cc(Br)ccc4o3)=C(O)C(=O)N2CCCN(C)C)c1. The molecule has 7 nitrogen and oxygen atoms in total. The molecular weight excluding hydrogens is 524 g/mol. The van der Waals surface area contributed by atoms with Crippen molar-refractivity contribution in [2.75, 3.05) is 33.8 Å². The van der Waals surface area contributed by atoms with E-state index in [0.29, 0.717) is 42.4 Å². The molecule has 3 aromatic rings. The second-order valence-electron chi connectivity index (χ2n) is 9.72. The van der Waals surface area contributed by atoms with E-state index < -0.39 is 23.5 Å². The van der Waals surface area contributed by atoms with Crippen LogP contribution in [0.15, 0.2) is 68.8 Å². The van der Waals surface area contributed by atoms with Crippen molar-refractivity contribution in [2.45, 2.75) is 26.3 Å². The van der Waals surface area contributed by atoms with Crippen molar-refractivity contribution in [1.29, 1.82) is 0 Å². The highest BCUT2D eigenvalue weighted by molar-refractivity contribution is 9.10. The molecule has 1 aliphatic rings. The molecule has 1 N–H and O–H groups in total. The first kappa shape index (κ1) is 26.0. The number of ketones is 1. The van der Waals surface area contributed by atoms with Gasteiger partial charge in [-0.1, -0.05) is 41.9 Å². The van der Waals surface area contributed by atoms with Crippen LogP contribution in [-0.4, -0.2) is 60.4 Å². The lowest BCUT2D eigenvalue weighted by Crippen LogP contribution is -2.33. The van der Waals surface area contributed by atoms with Crippen molar-refractivity contribution in [3.63, 3.8) is 0 Å². The van der Waals surface area contributed by atoms with E-state index in [4.69, 9.17) is 9.15 Å². The van der Waals surface area contributed by atoms with Crippen LogP contribution in [0.5, 0.6) is 5.75 Å². The molecule has 1 atom stereocenters. The Hall–Kier alpha value is -3.10. The molecule has 1 aromatic heterocycles. The monoisotopic (exact) mass is 554 g/mol. The standard InChI is InChI=1S/C28H31BrN2O5/c1-17(2)16-35-21-8-5-7-18(14-21)25-24(27(33)28(34)31(25)12-6-11-30(3)4)26(32)23-15-19-13-20(29)9-10-22(19)36-23/h5,7-10,13-15,17,25,33H,6,11-12,16H2,1-4H3. The van der Waals surface area contributed by atoms with Crippen LogP contribution >= 0.6 is 15.9 Å². The number of nitrogens with zero attached hydrogens (tertiary/aromatic N) is 2. The molecule has 2 aromatic carbocycles. The van der Waals surface area contributed by atoms with E-state index in [1.807, 2.05) is 55.4 Å². The Balaban J connectivity index is 1.74. The summed E-state index contributed by atoms with van der Waals surface area (Å²) < 4.78 is 12.6. The lowest BCUT2D eigenvalue weighted by molar-refractivity contribution is -0.129. The third-order valence-electron chi connectivity index (χ3n) is 6.01. The number of Topliss-reactive ketones (excluding diaryl/α,β-unsaturated/α-hetero) is 1. The fourth-order valence-corrected chi connectivity index (χ4v) is 4.70. The van der Waals surface area contributed by atoms with Crippen molar-refractivity contribution >= 4 is 38.6 Å². The third kappa shape index (κ3) is 5.50. The van der Waals surface area contributed by atoms with E-state index >= 15 is 0 Å². The van der Waals surface area contributed by atoms with Gasteiger partial charge in [0.05, 0.1) is 18.2 Å². The number of rotatable bonds is 10. The van der Waals surface area contributed by atoms with Gasteiger partial charge in [0.25, 0.3) is 5.91 Å². The van der Waals surface area contributed by atoms with Crippen molar-refractivity contribution in [2.24, 2.45) is 5.92 Å². The Labute approximate surface area is 219 Å². The lowest BCUT2D eigenvalue weighted by atomic mass is 9.94. The average Bonchev–Trinajstić information content (AvgIpc) is 3.36. The molecule has 1 unspecified atom stereocenters. The number of fused-ring (bicyclic) bond motifs is 1. The first-order valence-corrected chi connectivity index (χ1v) is 12.8. The fraction of sp³-hybridized carbons (Fsp3) is 0.357. The van der Waals surface area contributed by atoms with Crippen LogP contribution in [0.25, 0.3) is 11.0 Å². The summed E-state index contributed by atoms with van der Waals surface area (Å²) in [6, 6.07) is 13.7. The van der Waals surface area contributed by atoms with Crippen LogP contribution in [0.3, 0.4) is 0 Å². The van der Waals surface area contributed by atoms with E-state index in [9.17, 15) is 14.7 Å². The van der Waals surface area contributed by atoms with Crippen LogP contribution in [0.1, 0.15) is 42.4 Å². The number of ether oxygens (including phenoxy) is 1. The molecular formula is C28H31BrN2O5. The molecule has 8 heteroatoms. The van der Waals surface area contributed by atoms with Crippen LogP contribution in [-0.2, 0) is 4.79 Å². The second kappa shape index (κ2) is 10.9. The molecule has 0 saturated carbocycles. The Morgan fingerprint density at radius 3 is 2.69 bits per heavy atom. The summed E-state index contributed by atoms with van der Waals surface area (Å²) in [7, 11) is 3.92. The molecule has 0 radical (unpaired) electrons. The number of furan rings is 1. The molecule has 0 saturated heterocycles. The number of hydrogen-bond donors (Lipinski definition) is 1. The van der Waals surface area contributed by atoms with Gasteiger partial charge in [0.1, 0.15) is 11.3 Å². The van der Waals surface area contributed by atoms with Crippen molar-refractivity contribution in [3.05, 3.63) is 75.7 Å². The Morgan fingerprint density at radius 1 is 1.19 bits per heavy atom. The zero-order valence-corrected chi connectivity index (χ0v) is 22.5. The molecule has 0 fully saturated rings. The molecule has 1 amide bonds. The molecule has 0 spiro atoms. The molecule has 190 valence electrons. The van der Waals surface area contributed by atoms with E-state index in [0.717, 1.165) is 16.4 Å². The van der Waals surface area contributed by atoms with Gasteiger partial charge in [-0.2, -0.15) is 0 Å². The van der Waals surface area contributed by atoms with Crippen molar-refractivity contribution < 1.29 is 23.8 Å². The van der Waals surface area contributed by atoms with Crippen LogP contribution in [0, 0.1) is 5.92 Å². The Kier molecular flexibility index (Phi) is 7.85. The maximum atomic E-state index is 13.7.